The van der Waals surface area contributed by atoms with Gasteiger partial charge in [-0.1, -0.05) is 15.9 Å². The molecule has 5 heteroatoms. The lowest BCUT2D eigenvalue weighted by Crippen LogP contribution is -1.93. The Hall–Kier alpha value is -2.27. The lowest BCUT2D eigenvalue weighted by molar-refractivity contribution is 0.408. The van der Waals surface area contributed by atoms with Crippen molar-refractivity contribution in [1.82, 2.24) is 4.98 Å². The predicted octanol–water partition coefficient (Wildman–Crippen LogP) is 4.46. The van der Waals surface area contributed by atoms with Crippen molar-refractivity contribution in [3.05, 3.63) is 53.1 Å². The molecule has 0 unspecified atom stereocenters. The molecule has 0 saturated heterocycles. The molecule has 3 aromatic rings. The molecule has 2 aromatic carbocycles. The number of methoxy groups -OCH3 is 1. The highest BCUT2D eigenvalue weighted by atomic mass is 79.9. The van der Waals surface area contributed by atoms with Crippen LogP contribution in [0.3, 0.4) is 0 Å². The molecule has 0 bridgehead atoms. The maximum atomic E-state index is 9.72. The van der Waals surface area contributed by atoms with E-state index < -0.39 is 0 Å². The van der Waals surface area contributed by atoms with Crippen LogP contribution in [0.2, 0.25) is 0 Å². The first-order valence-corrected chi connectivity index (χ1v) is 7.14. The number of hydrogen-bond acceptors (Lipinski definition) is 4. The SMILES string of the molecule is COc1cc(O)cc(Nc2ccnc3ccc(Br)cc23)c1. The van der Waals surface area contributed by atoms with Crippen molar-refractivity contribution in [1.29, 1.82) is 0 Å². The van der Waals surface area contributed by atoms with Crippen LogP contribution >= 0.6 is 15.9 Å². The van der Waals surface area contributed by atoms with Crippen molar-refractivity contribution >= 4 is 38.2 Å². The lowest BCUT2D eigenvalue weighted by Gasteiger charge is -2.11. The van der Waals surface area contributed by atoms with Crippen molar-refractivity contribution in [2.45, 2.75) is 0 Å². The van der Waals surface area contributed by atoms with Gasteiger partial charge in [-0.3, -0.25) is 4.98 Å². The number of aromatic hydroxyl groups is 1. The van der Waals surface area contributed by atoms with E-state index in [-0.39, 0.29) is 5.75 Å². The Morgan fingerprint density at radius 1 is 1.14 bits per heavy atom. The van der Waals surface area contributed by atoms with Crippen LogP contribution in [-0.4, -0.2) is 17.2 Å². The number of phenols is 1. The Kier molecular flexibility index (Phi) is 3.66. The molecule has 21 heavy (non-hydrogen) atoms. The molecule has 0 aliphatic heterocycles. The molecule has 106 valence electrons. The molecule has 0 fully saturated rings. The van der Waals surface area contributed by atoms with Gasteiger partial charge < -0.3 is 15.2 Å². The maximum Gasteiger partial charge on any atom is 0.124 e. The van der Waals surface area contributed by atoms with Crippen LogP contribution in [-0.2, 0) is 0 Å². The monoisotopic (exact) mass is 344 g/mol. The summed E-state index contributed by atoms with van der Waals surface area (Å²) in [5.74, 6) is 0.744. The van der Waals surface area contributed by atoms with Gasteiger partial charge >= 0.3 is 0 Å². The number of benzene rings is 2. The van der Waals surface area contributed by atoms with E-state index in [1.165, 1.54) is 0 Å². The Bertz CT molecular complexity index is 805. The van der Waals surface area contributed by atoms with Gasteiger partial charge in [-0.2, -0.15) is 0 Å². The van der Waals surface area contributed by atoms with Crippen molar-refractivity contribution in [3.63, 3.8) is 0 Å². The van der Waals surface area contributed by atoms with E-state index in [0.717, 1.165) is 26.8 Å². The van der Waals surface area contributed by atoms with Crippen molar-refractivity contribution in [2.75, 3.05) is 12.4 Å². The average Bonchev–Trinajstić information content (AvgIpc) is 2.47. The molecule has 0 aliphatic rings. The van der Waals surface area contributed by atoms with Gasteiger partial charge in [-0.15, -0.1) is 0 Å². The van der Waals surface area contributed by atoms with Gasteiger partial charge in [0, 0.05) is 45.6 Å². The number of pyridine rings is 1. The summed E-state index contributed by atoms with van der Waals surface area (Å²) in [6, 6.07) is 12.8. The van der Waals surface area contributed by atoms with E-state index >= 15 is 0 Å². The van der Waals surface area contributed by atoms with E-state index in [2.05, 4.69) is 26.2 Å². The minimum absolute atomic E-state index is 0.149. The van der Waals surface area contributed by atoms with Crippen molar-refractivity contribution in [3.8, 4) is 11.5 Å². The first-order valence-electron chi connectivity index (χ1n) is 6.35. The summed E-state index contributed by atoms with van der Waals surface area (Å²) in [7, 11) is 1.57. The smallest absolute Gasteiger partial charge is 0.124 e. The van der Waals surface area contributed by atoms with Gasteiger partial charge in [0.25, 0.3) is 0 Å². The van der Waals surface area contributed by atoms with E-state index in [0.29, 0.717) is 5.75 Å². The summed E-state index contributed by atoms with van der Waals surface area (Å²) in [6.45, 7) is 0. The normalized spacial score (nSPS) is 10.6. The van der Waals surface area contributed by atoms with Crippen LogP contribution in [0.5, 0.6) is 11.5 Å². The standard InChI is InChI=1S/C16H13BrN2O2/c1-21-13-8-11(7-12(20)9-13)19-16-4-5-18-15-3-2-10(17)6-14(15)16/h2-9,20H,1H3,(H,18,19). The van der Waals surface area contributed by atoms with Crippen molar-refractivity contribution in [2.24, 2.45) is 0 Å². The highest BCUT2D eigenvalue weighted by molar-refractivity contribution is 9.10. The molecular weight excluding hydrogens is 332 g/mol. The molecule has 0 atom stereocenters. The van der Waals surface area contributed by atoms with Crippen molar-refractivity contribution < 1.29 is 9.84 Å². The van der Waals surface area contributed by atoms with Crippen LogP contribution in [0.1, 0.15) is 0 Å². The third kappa shape index (κ3) is 2.92. The highest BCUT2D eigenvalue weighted by Crippen LogP contribution is 2.31. The summed E-state index contributed by atoms with van der Waals surface area (Å²) in [6.07, 6.45) is 1.75. The fourth-order valence-corrected chi connectivity index (χ4v) is 2.52. The zero-order chi connectivity index (χ0) is 14.8. The second-order valence-electron chi connectivity index (χ2n) is 4.56. The van der Waals surface area contributed by atoms with E-state index in [1.54, 1.807) is 25.4 Å². The molecule has 0 aliphatic carbocycles. The number of halogens is 1. The summed E-state index contributed by atoms with van der Waals surface area (Å²) in [5, 5.41) is 14.0. The van der Waals surface area contributed by atoms with E-state index in [1.807, 2.05) is 30.3 Å². The third-order valence-electron chi connectivity index (χ3n) is 3.11. The number of rotatable bonds is 3. The van der Waals surface area contributed by atoms with E-state index in [9.17, 15) is 5.11 Å². The Labute approximate surface area is 130 Å². The van der Waals surface area contributed by atoms with Crippen LogP contribution in [0, 0.1) is 0 Å². The van der Waals surface area contributed by atoms with E-state index in [4.69, 9.17) is 4.74 Å². The number of nitrogens with zero attached hydrogens (tertiary/aromatic N) is 1. The fraction of sp³-hybridized carbons (Fsp3) is 0.0625. The summed E-state index contributed by atoms with van der Waals surface area (Å²) in [4.78, 5) is 4.34. The largest absolute Gasteiger partial charge is 0.508 e. The fourth-order valence-electron chi connectivity index (χ4n) is 2.16. The zero-order valence-corrected chi connectivity index (χ0v) is 12.9. The Morgan fingerprint density at radius 2 is 2.00 bits per heavy atom. The molecule has 0 saturated carbocycles. The summed E-state index contributed by atoms with van der Waals surface area (Å²) in [5.41, 5.74) is 2.56. The summed E-state index contributed by atoms with van der Waals surface area (Å²) >= 11 is 3.47. The number of aromatic nitrogens is 1. The molecule has 4 nitrogen and oxygen atoms in total. The topological polar surface area (TPSA) is 54.4 Å². The quantitative estimate of drug-likeness (QED) is 0.736. The van der Waals surface area contributed by atoms with Gasteiger partial charge in [0.15, 0.2) is 0 Å². The second kappa shape index (κ2) is 5.61. The zero-order valence-electron chi connectivity index (χ0n) is 11.3. The number of phenolic OH excluding ortho intramolecular Hbond substituents is 1. The number of nitrogens with one attached hydrogen (secondary N) is 1. The minimum atomic E-state index is 0.149. The van der Waals surface area contributed by atoms with Gasteiger partial charge in [0.1, 0.15) is 11.5 Å². The number of anilines is 2. The highest BCUT2D eigenvalue weighted by Gasteiger charge is 2.05. The number of fused-ring (bicyclic) bond motifs is 1. The Balaban J connectivity index is 2.05. The molecule has 0 radical (unpaired) electrons. The third-order valence-corrected chi connectivity index (χ3v) is 3.60. The van der Waals surface area contributed by atoms with Crippen LogP contribution in [0.25, 0.3) is 10.9 Å². The number of hydrogen-bond donors (Lipinski definition) is 2. The molecule has 2 N–H and O–H groups in total. The first-order chi connectivity index (χ1) is 10.2. The van der Waals surface area contributed by atoms with Gasteiger partial charge in [-0.25, -0.2) is 0 Å². The molecule has 3 rings (SSSR count). The lowest BCUT2D eigenvalue weighted by atomic mass is 10.2. The average molecular weight is 345 g/mol. The van der Waals surface area contributed by atoms with Gasteiger partial charge in [-0.05, 0) is 24.3 Å². The van der Waals surface area contributed by atoms with Gasteiger partial charge in [0.2, 0.25) is 0 Å². The van der Waals surface area contributed by atoms with Crippen LogP contribution < -0.4 is 10.1 Å². The molecular formula is C16H13BrN2O2. The van der Waals surface area contributed by atoms with Crippen LogP contribution in [0.15, 0.2) is 53.1 Å². The van der Waals surface area contributed by atoms with Gasteiger partial charge in [0.05, 0.1) is 12.6 Å². The number of ether oxygens (including phenoxy) is 1. The molecule has 0 spiro atoms. The van der Waals surface area contributed by atoms with Crippen LogP contribution in [0.4, 0.5) is 11.4 Å². The maximum absolute atomic E-state index is 9.72. The molecule has 1 aromatic heterocycles. The Morgan fingerprint density at radius 3 is 2.81 bits per heavy atom. The predicted molar refractivity (Wildman–Crippen MR) is 87.4 cm³/mol. The minimum Gasteiger partial charge on any atom is -0.508 e. The molecule has 1 heterocycles. The summed E-state index contributed by atoms with van der Waals surface area (Å²) < 4.78 is 6.15. The molecule has 0 amide bonds. The second-order valence-corrected chi connectivity index (χ2v) is 5.48. The first kappa shape index (κ1) is 13.7.